The minimum atomic E-state index is 0.339. The Labute approximate surface area is 85.4 Å². The van der Waals surface area contributed by atoms with Crippen LogP contribution in [0.3, 0.4) is 0 Å². The van der Waals surface area contributed by atoms with E-state index in [1.165, 1.54) is 5.56 Å². The van der Waals surface area contributed by atoms with E-state index in [0.29, 0.717) is 6.04 Å². The molecule has 1 rings (SSSR count). The molecule has 80 valence electrons. The zero-order valence-electron chi connectivity index (χ0n) is 8.95. The van der Waals surface area contributed by atoms with Gasteiger partial charge in [0.1, 0.15) is 0 Å². The molecule has 1 atom stereocenters. The van der Waals surface area contributed by atoms with Crippen LogP contribution in [0.2, 0.25) is 0 Å². The molecule has 0 radical (unpaired) electrons. The van der Waals surface area contributed by atoms with Crippen LogP contribution in [0.4, 0.5) is 0 Å². The predicted molar refractivity (Wildman–Crippen MR) is 56.2 cm³/mol. The summed E-state index contributed by atoms with van der Waals surface area (Å²) in [4.78, 5) is 0. The van der Waals surface area contributed by atoms with E-state index in [1.807, 2.05) is 13.1 Å². The fourth-order valence-electron chi connectivity index (χ4n) is 1.40. The lowest BCUT2D eigenvalue weighted by atomic mass is 10.1. The van der Waals surface area contributed by atoms with E-state index in [9.17, 15) is 0 Å². The largest absolute Gasteiger partial charge is 0.472 e. The summed E-state index contributed by atoms with van der Waals surface area (Å²) in [5.41, 5.74) is 1.19. The summed E-state index contributed by atoms with van der Waals surface area (Å²) in [6, 6.07) is 2.33. The molecule has 0 saturated heterocycles. The molecule has 3 nitrogen and oxygen atoms in total. The molecule has 0 spiro atoms. The fourth-order valence-corrected chi connectivity index (χ4v) is 1.40. The van der Waals surface area contributed by atoms with Crippen molar-refractivity contribution in [3.8, 4) is 0 Å². The number of hydrogen-bond donors (Lipinski definition) is 1. The van der Waals surface area contributed by atoms with Gasteiger partial charge in [-0.3, -0.25) is 0 Å². The zero-order chi connectivity index (χ0) is 10.2. The molecule has 1 heterocycles. The normalized spacial score (nSPS) is 13.0. The van der Waals surface area contributed by atoms with Crippen LogP contribution in [0.5, 0.6) is 0 Å². The monoisotopic (exact) mass is 197 g/mol. The molecule has 1 unspecified atom stereocenters. The Balaban J connectivity index is 2.26. The van der Waals surface area contributed by atoms with Gasteiger partial charge in [0.15, 0.2) is 0 Å². The minimum absolute atomic E-state index is 0.339. The second kappa shape index (κ2) is 6.62. The van der Waals surface area contributed by atoms with Crippen LogP contribution >= 0.6 is 0 Å². The molecule has 3 heteroatoms. The second-order valence-corrected chi connectivity index (χ2v) is 3.30. The summed E-state index contributed by atoms with van der Waals surface area (Å²) in [6.45, 7) is 3.76. The van der Waals surface area contributed by atoms with Crippen molar-refractivity contribution in [1.82, 2.24) is 5.32 Å². The molecule has 0 bridgehead atoms. The molecule has 0 aliphatic heterocycles. The van der Waals surface area contributed by atoms with Crippen LogP contribution < -0.4 is 5.32 Å². The molecular weight excluding hydrogens is 178 g/mol. The molecule has 0 amide bonds. The quantitative estimate of drug-likeness (QED) is 0.681. The van der Waals surface area contributed by atoms with Crippen molar-refractivity contribution >= 4 is 0 Å². The van der Waals surface area contributed by atoms with Crippen molar-refractivity contribution in [2.45, 2.75) is 25.8 Å². The Hall–Kier alpha value is -0.800. The van der Waals surface area contributed by atoms with E-state index in [4.69, 9.17) is 9.15 Å². The third-order valence-electron chi connectivity index (χ3n) is 2.19. The van der Waals surface area contributed by atoms with Gasteiger partial charge >= 0.3 is 0 Å². The standard InChI is InChI=1S/C11H19NO2/c1-3-6-13-8-5-11(12-2)10-4-7-14-9-10/h4,7,9,11-12H,3,5-6,8H2,1-2H3. The molecule has 1 aromatic heterocycles. The van der Waals surface area contributed by atoms with E-state index >= 15 is 0 Å². The highest BCUT2D eigenvalue weighted by Crippen LogP contribution is 2.16. The van der Waals surface area contributed by atoms with Crippen molar-refractivity contribution in [1.29, 1.82) is 0 Å². The Bertz CT molecular complexity index is 221. The second-order valence-electron chi connectivity index (χ2n) is 3.30. The van der Waals surface area contributed by atoms with Gasteiger partial charge in [-0.2, -0.15) is 0 Å². The number of rotatable bonds is 7. The van der Waals surface area contributed by atoms with Gasteiger partial charge in [0.25, 0.3) is 0 Å². The topological polar surface area (TPSA) is 34.4 Å². The lowest BCUT2D eigenvalue weighted by Gasteiger charge is -2.13. The van der Waals surface area contributed by atoms with Gasteiger partial charge in [0, 0.05) is 24.8 Å². The number of nitrogens with one attached hydrogen (secondary N) is 1. The maximum atomic E-state index is 5.44. The van der Waals surface area contributed by atoms with Gasteiger partial charge in [-0.05, 0) is 26.0 Å². The summed E-state index contributed by atoms with van der Waals surface area (Å²) < 4.78 is 10.5. The van der Waals surface area contributed by atoms with Gasteiger partial charge < -0.3 is 14.5 Å². The van der Waals surface area contributed by atoms with Crippen molar-refractivity contribution < 1.29 is 9.15 Å². The molecule has 0 fully saturated rings. The van der Waals surface area contributed by atoms with Crippen LogP contribution in [0.1, 0.15) is 31.4 Å². The lowest BCUT2D eigenvalue weighted by molar-refractivity contribution is 0.125. The lowest BCUT2D eigenvalue weighted by Crippen LogP contribution is -2.17. The third kappa shape index (κ3) is 3.52. The first kappa shape index (κ1) is 11.3. The fraction of sp³-hybridized carbons (Fsp3) is 0.636. The zero-order valence-corrected chi connectivity index (χ0v) is 8.95. The minimum Gasteiger partial charge on any atom is -0.472 e. The predicted octanol–water partition coefficient (Wildman–Crippen LogP) is 2.36. The van der Waals surface area contributed by atoms with Crippen molar-refractivity contribution in [2.75, 3.05) is 20.3 Å². The van der Waals surface area contributed by atoms with Crippen molar-refractivity contribution in [3.63, 3.8) is 0 Å². The van der Waals surface area contributed by atoms with Gasteiger partial charge in [-0.15, -0.1) is 0 Å². The van der Waals surface area contributed by atoms with Gasteiger partial charge in [-0.25, -0.2) is 0 Å². The Morgan fingerprint density at radius 2 is 2.36 bits per heavy atom. The molecule has 1 aromatic rings. The van der Waals surface area contributed by atoms with E-state index in [-0.39, 0.29) is 0 Å². The van der Waals surface area contributed by atoms with Crippen LogP contribution in [0, 0.1) is 0 Å². The summed E-state index contributed by atoms with van der Waals surface area (Å²) in [7, 11) is 1.96. The van der Waals surface area contributed by atoms with E-state index < -0.39 is 0 Å². The number of ether oxygens (including phenoxy) is 1. The van der Waals surface area contributed by atoms with Gasteiger partial charge in [-0.1, -0.05) is 6.92 Å². The summed E-state index contributed by atoms with van der Waals surface area (Å²) in [6.07, 6.45) is 5.54. The SMILES string of the molecule is CCCOCCC(NC)c1ccoc1. The van der Waals surface area contributed by atoms with E-state index in [1.54, 1.807) is 12.5 Å². The molecule has 0 aliphatic rings. The van der Waals surface area contributed by atoms with Crippen LogP contribution in [0.15, 0.2) is 23.0 Å². The maximum Gasteiger partial charge on any atom is 0.0950 e. The van der Waals surface area contributed by atoms with Crippen LogP contribution in [-0.4, -0.2) is 20.3 Å². The highest BCUT2D eigenvalue weighted by atomic mass is 16.5. The Morgan fingerprint density at radius 3 is 2.93 bits per heavy atom. The molecule has 0 saturated carbocycles. The highest BCUT2D eigenvalue weighted by molar-refractivity contribution is 5.11. The summed E-state index contributed by atoms with van der Waals surface area (Å²) in [5, 5.41) is 3.24. The number of furan rings is 1. The first-order valence-electron chi connectivity index (χ1n) is 5.15. The van der Waals surface area contributed by atoms with Crippen LogP contribution in [-0.2, 0) is 4.74 Å². The first-order chi connectivity index (χ1) is 6.88. The third-order valence-corrected chi connectivity index (χ3v) is 2.19. The van der Waals surface area contributed by atoms with Crippen molar-refractivity contribution in [3.05, 3.63) is 24.2 Å². The van der Waals surface area contributed by atoms with Gasteiger partial charge in [0.2, 0.25) is 0 Å². The molecule has 0 aromatic carbocycles. The maximum absolute atomic E-state index is 5.44. The Morgan fingerprint density at radius 1 is 1.50 bits per heavy atom. The van der Waals surface area contributed by atoms with Gasteiger partial charge in [0.05, 0.1) is 12.5 Å². The average molecular weight is 197 g/mol. The highest BCUT2D eigenvalue weighted by Gasteiger charge is 2.09. The molecule has 1 N–H and O–H groups in total. The van der Waals surface area contributed by atoms with Crippen molar-refractivity contribution in [2.24, 2.45) is 0 Å². The average Bonchev–Trinajstić information content (AvgIpc) is 2.71. The molecule has 14 heavy (non-hydrogen) atoms. The Kier molecular flexibility index (Phi) is 5.33. The van der Waals surface area contributed by atoms with Crippen LogP contribution in [0.25, 0.3) is 0 Å². The molecule has 0 aliphatic carbocycles. The number of hydrogen-bond acceptors (Lipinski definition) is 3. The summed E-state index contributed by atoms with van der Waals surface area (Å²) in [5.74, 6) is 0. The smallest absolute Gasteiger partial charge is 0.0950 e. The first-order valence-corrected chi connectivity index (χ1v) is 5.15. The summed E-state index contributed by atoms with van der Waals surface area (Å²) >= 11 is 0. The molecular formula is C11H19NO2. The van der Waals surface area contributed by atoms with E-state index in [2.05, 4.69) is 12.2 Å². The van der Waals surface area contributed by atoms with E-state index in [0.717, 1.165) is 26.1 Å².